The molecule has 0 aliphatic carbocycles. The molecule has 1 rings (SSSR count). The number of thiocarbonyl (C=S) groups is 1. The Morgan fingerprint density at radius 3 is 2.39 bits per heavy atom. The zero-order chi connectivity index (χ0) is 13.8. The third-order valence-electron chi connectivity index (χ3n) is 2.71. The predicted octanol–water partition coefficient (Wildman–Crippen LogP) is 2.86. The molecule has 1 saturated heterocycles. The lowest BCUT2D eigenvalue weighted by Gasteiger charge is -2.33. The number of likely N-dealkylation sites (tertiary alicyclic amines) is 1. The molecular formula is C12H21NO3S2. The number of piperidine rings is 1. The Hall–Kier alpha value is -0.490. The third-order valence-corrected chi connectivity index (χ3v) is 2.96. The van der Waals surface area contributed by atoms with E-state index in [1.807, 2.05) is 20.8 Å². The van der Waals surface area contributed by atoms with E-state index in [0.717, 1.165) is 12.8 Å². The van der Waals surface area contributed by atoms with E-state index in [1.54, 1.807) is 4.90 Å². The van der Waals surface area contributed by atoms with Crippen LogP contribution in [0, 0.1) is 5.92 Å². The van der Waals surface area contributed by atoms with Crippen LogP contribution in [0.1, 0.15) is 33.6 Å². The Balaban J connectivity index is 2.30. The molecule has 0 radical (unpaired) electrons. The van der Waals surface area contributed by atoms with Crippen LogP contribution in [0.25, 0.3) is 0 Å². The number of hydrogen-bond acceptors (Lipinski definition) is 4. The molecule has 1 fully saturated rings. The van der Waals surface area contributed by atoms with E-state index < -0.39 is 5.60 Å². The molecule has 1 aliphatic heterocycles. The van der Waals surface area contributed by atoms with Gasteiger partial charge in [-0.15, -0.1) is 0 Å². The molecular weight excluding hydrogens is 270 g/mol. The largest absolute Gasteiger partial charge is 0.478 e. The van der Waals surface area contributed by atoms with E-state index in [-0.39, 0.29) is 10.5 Å². The Bertz CT molecular complexity index is 307. The van der Waals surface area contributed by atoms with E-state index in [2.05, 4.69) is 12.6 Å². The zero-order valence-corrected chi connectivity index (χ0v) is 12.9. The number of ether oxygens (including phenoxy) is 2. The fourth-order valence-corrected chi connectivity index (χ4v) is 1.94. The van der Waals surface area contributed by atoms with Gasteiger partial charge in [0.05, 0.1) is 6.61 Å². The summed E-state index contributed by atoms with van der Waals surface area (Å²) in [7, 11) is 0. The number of hydrogen-bond donors (Lipinski definition) is 1. The van der Waals surface area contributed by atoms with Crippen LogP contribution in [0.15, 0.2) is 0 Å². The standard InChI is InChI=1S/C12H21NO3S2/c1-12(2,3)16-10(14)13-6-4-9(5-7-13)8-15-11(17)18/h9H,4-8H2,1-3H3,(H,17,18). The van der Waals surface area contributed by atoms with E-state index in [4.69, 9.17) is 21.7 Å². The van der Waals surface area contributed by atoms with Gasteiger partial charge in [0.15, 0.2) is 0 Å². The molecule has 104 valence electrons. The SMILES string of the molecule is CC(C)(C)OC(=O)N1CCC(COC(=S)S)CC1. The van der Waals surface area contributed by atoms with Crippen molar-refractivity contribution < 1.29 is 14.3 Å². The molecule has 6 heteroatoms. The van der Waals surface area contributed by atoms with Crippen LogP contribution in [0.5, 0.6) is 0 Å². The van der Waals surface area contributed by atoms with Gasteiger partial charge in [0.1, 0.15) is 5.60 Å². The number of carbonyl (C=O) groups is 1. The van der Waals surface area contributed by atoms with Crippen LogP contribution >= 0.6 is 24.8 Å². The second-order valence-electron chi connectivity index (χ2n) is 5.49. The van der Waals surface area contributed by atoms with Crippen molar-refractivity contribution in [2.75, 3.05) is 19.7 Å². The Morgan fingerprint density at radius 1 is 1.39 bits per heavy atom. The molecule has 0 saturated carbocycles. The van der Waals surface area contributed by atoms with Gasteiger partial charge in [-0.25, -0.2) is 4.79 Å². The van der Waals surface area contributed by atoms with E-state index in [1.165, 1.54) is 0 Å². The topological polar surface area (TPSA) is 38.8 Å². The number of carbonyl (C=O) groups excluding carboxylic acids is 1. The van der Waals surface area contributed by atoms with Gasteiger partial charge < -0.3 is 14.4 Å². The monoisotopic (exact) mass is 291 g/mol. The van der Waals surface area contributed by atoms with Gasteiger partial charge in [-0.05, 0) is 51.7 Å². The maximum absolute atomic E-state index is 11.8. The second kappa shape index (κ2) is 6.61. The molecule has 0 unspecified atom stereocenters. The molecule has 0 spiro atoms. The van der Waals surface area contributed by atoms with Crippen molar-refractivity contribution in [2.45, 2.75) is 39.2 Å². The van der Waals surface area contributed by atoms with Crippen LogP contribution in [0.3, 0.4) is 0 Å². The lowest BCUT2D eigenvalue weighted by atomic mass is 9.98. The van der Waals surface area contributed by atoms with Gasteiger partial charge in [0, 0.05) is 13.1 Å². The van der Waals surface area contributed by atoms with Crippen LogP contribution in [0.4, 0.5) is 4.79 Å². The summed E-state index contributed by atoms with van der Waals surface area (Å²) in [6.07, 6.45) is 1.59. The third kappa shape index (κ3) is 5.91. The molecule has 1 heterocycles. The Kier molecular flexibility index (Phi) is 5.72. The second-order valence-corrected chi connectivity index (χ2v) is 6.57. The summed E-state index contributed by atoms with van der Waals surface area (Å²) in [5.74, 6) is 0.439. The molecule has 1 aliphatic rings. The average Bonchev–Trinajstić information content (AvgIpc) is 2.24. The summed E-state index contributed by atoms with van der Waals surface area (Å²) in [4.78, 5) is 13.6. The highest BCUT2D eigenvalue weighted by Gasteiger charge is 2.26. The fraction of sp³-hybridized carbons (Fsp3) is 0.833. The summed E-state index contributed by atoms with van der Waals surface area (Å²) < 4.78 is 10.8. The quantitative estimate of drug-likeness (QED) is 0.627. The average molecular weight is 291 g/mol. The van der Waals surface area contributed by atoms with Crippen molar-refractivity contribution in [3.63, 3.8) is 0 Å². The van der Waals surface area contributed by atoms with E-state index in [9.17, 15) is 4.79 Å². The maximum atomic E-state index is 11.8. The molecule has 4 nitrogen and oxygen atoms in total. The summed E-state index contributed by atoms with van der Waals surface area (Å²) in [6, 6.07) is 0. The highest BCUT2D eigenvalue weighted by atomic mass is 32.1. The van der Waals surface area contributed by atoms with Crippen LogP contribution in [-0.4, -0.2) is 40.7 Å². The summed E-state index contributed by atoms with van der Waals surface area (Å²) in [5.41, 5.74) is -0.435. The van der Waals surface area contributed by atoms with Crippen molar-refractivity contribution in [3.05, 3.63) is 0 Å². The normalized spacial score (nSPS) is 17.4. The molecule has 0 aromatic carbocycles. The molecule has 0 bridgehead atoms. The lowest BCUT2D eigenvalue weighted by molar-refractivity contribution is 0.0164. The highest BCUT2D eigenvalue weighted by Crippen LogP contribution is 2.20. The predicted molar refractivity (Wildman–Crippen MR) is 78.1 cm³/mol. The summed E-state index contributed by atoms with van der Waals surface area (Å²) >= 11 is 8.67. The first-order valence-electron chi connectivity index (χ1n) is 6.11. The van der Waals surface area contributed by atoms with Crippen molar-refractivity contribution in [1.29, 1.82) is 0 Å². The molecule has 18 heavy (non-hydrogen) atoms. The first kappa shape index (κ1) is 15.6. The minimum absolute atomic E-state index is 0.230. The molecule has 0 atom stereocenters. The summed E-state index contributed by atoms with van der Waals surface area (Å²) in [5, 5.41) is 0. The van der Waals surface area contributed by atoms with Gasteiger partial charge in [-0.2, -0.15) is 0 Å². The summed E-state index contributed by atoms with van der Waals surface area (Å²) in [6.45, 7) is 7.63. The number of amides is 1. The highest BCUT2D eigenvalue weighted by molar-refractivity contribution is 8.10. The fourth-order valence-electron chi connectivity index (χ4n) is 1.80. The van der Waals surface area contributed by atoms with Crippen LogP contribution < -0.4 is 0 Å². The molecule has 0 aromatic heterocycles. The lowest BCUT2D eigenvalue weighted by Crippen LogP contribution is -2.42. The number of thiol groups is 1. The zero-order valence-electron chi connectivity index (χ0n) is 11.1. The van der Waals surface area contributed by atoms with Gasteiger partial charge in [-0.1, -0.05) is 12.6 Å². The molecule has 1 amide bonds. The van der Waals surface area contributed by atoms with Crippen LogP contribution in [0.2, 0.25) is 0 Å². The minimum atomic E-state index is -0.435. The first-order chi connectivity index (χ1) is 8.28. The van der Waals surface area contributed by atoms with Gasteiger partial charge in [0.2, 0.25) is 4.38 Å². The van der Waals surface area contributed by atoms with Crippen molar-refractivity contribution in [2.24, 2.45) is 5.92 Å². The van der Waals surface area contributed by atoms with Gasteiger partial charge in [0.25, 0.3) is 0 Å². The number of rotatable bonds is 2. The number of nitrogens with zero attached hydrogens (tertiary/aromatic N) is 1. The first-order valence-corrected chi connectivity index (χ1v) is 6.97. The maximum Gasteiger partial charge on any atom is 0.410 e. The van der Waals surface area contributed by atoms with Gasteiger partial charge in [-0.3, -0.25) is 0 Å². The van der Waals surface area contributed by atoms with Crippen molar-refractivity contribution in [1.82, 2.24) is 4.90 Å². The van der Waals surface area contributed by atoms with E-state index >= 15 is 0 Å². The van der Waals surface area contributed by atoms with E-state index in [0.29, 0.717) is 25.6 Å². The minimum Gasteiger partial charge on any atom is -0.478 e. The molecule has 0 N–H and O–H groups in total. The smallest absolute Gasteiger partial charge is 0.410 e. The van der Waals surface area contributed by atoms with Crippen molar-refractivity contribution in [3.8, 4) is 0 Å². The Morgan fingerprint density at radius 2 is 1.94 bits per heavy atom. The van der Waals surface area contributed by atoms with Gasteiger partial charge >= 0.3 is 6.09 Å². The van der Waals surface area contributed by atoms with Crippen molar-refractivity contribution >= 4 is 35.3 Å². The Labute approximate surface area is 119 Å². The molecule has 0 aromatic rings. The van der Waals surface area contributed by atoms with Crippen LogP contribution in [-0.2, 0) is 9.47 Å².